The van der Waals surface area contributed by atoms with Crippen molar-refractivity contribution in [2.45, 2.75) is 13.5 Å². The molecule has 0 amide bonds. The Labute approximate surface area is 133 Å². The van der Waals surface area contributed by atoms with E-state index in [2.05, 4.69) is 15.3 Å². The van der Waals surface area contributed by atoms with E-state index < -0.39 is 0 Å². The van der Waals surface area contributed by atoms with Crippen molar-refractivity contribution in [2.75, 3.05) is 7.11 Å². The number of ether oxygens (including phenoxy) is 1. The first-order chi connectivity index (χ1) is 11.2. The van der Waals surface area contributed by atoms with Crippen LogP contribution in [-0.4, -0.2) is 33.4 Å². The molecule has 23 heavy (non-hydrogen) atoms. The number of hydrogen-bond acceptors (Lipinski definition) is 5. The molecule has 0 aliphatic rings. The summed E-state index contributed by atoms with van der Waals surface area (Å²) >= 11 is 0. The van der Waals surface area contributed by atoms with E-state index in [1.165, 1.54) is 0 Å². The number of aromatic nitrogens is 4. The van der Waals surface area contributed by atoms with Crippen molar-refractivity contribution in [3.05, 3.63) is 59.5 Å². The second kappa shape index (κ2) is 6.39. The van der Waals surface area contributed by atoms with Gasteiger partial charge in [-0.1, -0.05) is 17.3 Å². The van der Waals surface area contributed by atoms with Gasteiger partial charge in [-0.05, 0) is 36.8 Å². The van der Waals surface area contributed by atoms with Crippen molar-refractivity contribution in [3.63, 3.8) is 0 Å². The zero-order valence-corrected chi connectivity index (χ0v) is 12.9. The van der Waals surface area contributed by atoms with Crippen LogP contribution in [0.5, 0.6) is 5.75 Å². The number of benzene rings is 1. The van der Waals surface area contributed by atoms with E-state index in [1.54, 1.807) is 19.4 Å². The normalized spacial score (nSPS) is 10.5. The number of aldehydes is 1. The maximum absolute atomic E-state index is 10.9. The van der Waals surface area contributed by atoms with Gasteiger partial charge in [-0.25, -0.2) is 4.68 Å². The molecule has 3 aromatic rings. The minimum atomic E-state index is 0.381. The fourth-order valence-electron chi connectivity index (χ4n) is 2.34. The highest BCUT2D eigenvalue weighted by Gasteiger charge is 2.12. The summed E-state index contributed by atoms with van der Waals surface area (Å²) in [4.78, 5) is 14.8. The van der Waals surface area contributed by atoms with Crippen LogP contribution >= 0.6 is 0 Å². The Kier molecular flexibility index (Phi) is 4.14. The molecular weight excluding hydrogens is 292 g/mol. The van der Waals surface area contributed by atoms with Gasteiger partial charge in [0.2, 0.25) is 0 Å². The molecule has 0 aliphatic heterocycles. The molecule has 0 N–H and O–H groups in total. The Balaban J connectivity index is 1.87. The van der Waals surface area contributed by atoms with E-state index in [4.69, 9.17) is 4.74 Å². The first kappa shape index (κ1) is 14.9. The van der Waals surface area contributed by atoms with Crippen molar-refractivity contribution < 1.29 is 9.53 Å². The maximum Gasteiger partial charge on any atom is 0.168 e. The minimum Gasteiger partial charge on any atom is -0.497 e. The number of hydrogen-bond donors (Lipinski definition) is 0. The van der Waals surface area contributed by atoms with Crippen molar-refractivity contribution in [1.29, 1.82) is 0 Å². The minimum absolute atomic E-state index is 0.381. The van der Waals surface area contributed by atoms with Crippen LogP contribution in [0.25, 0.3) is 11.3 Å². The molecule has 0 bridgehead atoms. The van der Waals surface area contributed by atoms with Crippen molar-refractivity contribution in [3.8, 4) is 17.0 Å². The average molecular weight is 308 g/mol. The Morgan fingerprint density at radius 1 is 1.22 bits per heavy atom. The molecule has 6 heteroatoms. The van der Waals surface area contributed by atoms with E-state index >= 15 is 0 Å². The Morgan fingerprint density at radius 2 is 2.00 bits per heavy atom. The second-order valence-electron chi connectivity index (χ2n) is 5.12. The highest BCUT2D eigenvalue weighted by atomic mass is 16.5. The van der Waals surface area contributed by atoms with Crippen molar-refractivity contribution in [2.24, 2.45) is 0 Å². The van der Waals surface area contributed by atoms with E-state index in [-0.39, 0.29) is 0 Å². The number of carbonyl (C=O) groups is 1. The summed E-state index contributed by atoms with van der Waals surface area (Å²) < 4.78 is 6.99. The van der Waals surface area contributed by atoms with Gasteiger partial charge in [-0.2, -0.15) is 0 Å². The molecular formula is C17H16N4O2. The number of carbonyl (C=O) groups excluding carboxylic acids is 1. The molecule has 0 radical (unpaired) electrons. The Hall–Kier alpha value is -3.02. The van der Waals surface area contributed by atoms with Crippen LogP contribution in [0.15, 0.2) is 42.6 Å². The third-order valence-corrected chi connectivity index (χ3v) is 3.65. The zero-order chi connectivity index (χ0) is 16.2. The van der Waals surface area contributed by atoms with Gasteiger partial charge < -0.3 is 4.74 Å². The van der Waals surface area contributed by atoms with Gasteiger partial charge >= 0.3 is 0 Å². The molecule has 0 saturated heterocycles. The summed E-state index contributed by atoms with van der Waals surface area (Å²) in [5.74, 6) is 0.822. The summed E-state index contributed by atoms with van der Waals surface area (Å²) in [5.41, 5.74) is 4.01. The summed E-state index contributed by atoms with van der Waals surface area (Å²) in [5, 5.41) is 8.45. The fourth-order valence-corrected chi connectivity index (χ4v) is 2.34. The molecule has 2 heterocycles. The second-order valence-corrected chi connectivity index (χ2v) is 5.12. The number of pyridine rings is 1. The Bertz CT molecular complexity index is 825. The summed E-state index contributed by atoms with van der Waals surface area (Å²) in [7, 11) is 1.64. The number of methoxy groups -OCH3 is 1. The lowest BCUT2D eigenvalue weighted by Gasteiger charge is -2.06. The lowest BCUT2D eigenvalue weighted by atomic mass is 10.1. The molecule has 0 fully saturated rings. The molecule has 0 spiro atoms. The van der Waals surface area contributed by atoms with Crippen LogP contribution in [0.4, 0.5) is 0 Å². The predicted molar refractivity (Wildman–Crippen MR) is 85.5 cm³/mol. The predicted octanol–water partition coefficient (Wildman–Crippen LogP) is 2.52. The third-order valence-electron chi connectivity index (χ3n) is 3.65. The quantitative estimate of drug-likeness (QED) is 0.677. The molecule has 0 atom stereocenters. The number of rotatable bonds is 5. The smallest absolute Gasteiger partial charge is 0.168 e. The molecule has 1 aromatic carbocycles. The van der Waals surface area contributed by atoms with Gasteiger partial charge in [-0.15, -0.1) is 5.10 Å². The summed E-state index contributed by atoms with van der Waals surface area (Å²) in [6.07, 6.45) is 2.32. The topological polar surface area (TPSA) is 69.9 Å². The van der Waals surface area contributed by atoms with E-state index in [0.29, 0.717) is 12.2 Å². The molecule has 3 rings (SSSR count). The van der Waals surface area contributed by atoms with Crippen LogP contribution in [0.3, 0.4) is 0 Å². The number of nitrogens with zero attached hydrogens (tertiary/aromatic N) is 4. The largest absolute Gasteiger partial charge is 0.497 e. The SMILES string of the molecule is COc1ccc(Cn2nnc(-c3ccnc(C=O)c3)c2C)cc1. The highest BCUT2D eigenvalue weighted by Crippen LogP contribution is 2.21. The van der Waals surface area contributed by atoms with E-state index in [9.17, 15) is 4.79 Å². The van der Waals surface area contributed by atoms with Crippen LogP contribution in [0, 0.1) is 6.92 Å². The van der Waals surface area contributed by atoms with Crippen LogP contribution in [0.2, 0.25) is 0 Å². The van der Waals surface area contributed by atoms with Gasteiger partial charge in [0.05, 0.1) is 19.3 Å². The monoisotopic (exact) mass is 308 g/mol. The van der Waals surface area contributed by atoms with Gasteiger partial charge in [-0.3, -0.25) is 9.78 Å². The molecule has 116 valence electrons. The van der Waals surface area contributed by atoms with Crippen LogP contribution < -0.4 is 4.74 Å². The standard InChI is InChI=1S/C17H16N4O2/c1-12-17(14-7-8-18-15(9-14)11-22)19-20-21(12)10-13-3-5-16(23-2)6-4-13/h3-9,11H,10H2,1-2H3. The first-order valence-corrected chi connectivity index (χ1v) is 7.16. The van der Waals surface area contributed by atoms with Crippen LogP contribution in [-0.2, 0) is 6.54 Å². The maximum atomic E-state index is 10.9. The van der Waals surface area contributed by atoms with Gasteiger partial charge in [0, 0.05) is 11.8 Å². The van der Waals surface area contributed by atoms with E-state index in [0.717, 1.165) is 34.6 Å². The molecule has 0 unspecified atom stereocenters. The summed E-state index contributed by atoms with van der Waals surface area (Å²) in [6.45, 7) is 2.58. The molecule has 6 nitrogen and oxygen atoms in total. The molecule has 0 saturated carbocycles. The third kappa shape index (κ3) is 3.11. The van der Waals surface area contributed by atoms with Gasteiger partial charge in [0.25, 0.3) is 0 Å². The van der Waals surface area contributed by atoms with Crippen molar-refractivity contribution in [1.82, 2.24) is 20.0 Å². The lowest BCUT2D eigenvalue weighted by Crippen LogP contribution is -2.04. The summed E-state index contributed by atoms with van der Waals surface area (Å²) in [6, 6.07) is 11.4. The van der Waals surface area contributed by atoms with Gasteiger partial charge in [0.15, 0.2) is 6.29 Å². The highest BCUT2D eigenvalue weighted by molar-refractivity contribution is 5.75. The Morgan fingerprint density at radius 3 is 2.70 bits per heavy atom. The van der Waals surface area contributed by atoms with E-state index in [1.807, 2.05) is 41.9 Å². The van der Waals surface area contributed by atoms with Crippen molar-refractivity contribution >= 4 is 6.29 Å². The first-order valence-electron chi connectivity index (χ1n) is 7.16. The van der Waals surface area contributed by atoms with Gasteiger partial charge in [0.1, 0.15) is 17.1 Å². The molecule has 2 aromatic heterocycles. The van der Waals surface area contributed by atoms with Crippen LogP contribution in [0.1, 0.15) is 21.7 Å². The molecule has 0 aliphatic carbocycles. The fraction of sp³-hybridized carbons (Fsp3) is 0.176. The average Bonchev–Trinajstić information content (AvgIpc) is 2.96. The lowest BCUT2D eigenvalue weighted by molar-refractivity contribution is 0.111. The zero-order valence-electron chi connectivity index (χ0n) is 12.9.